The minimum absolute atomic E-state index is 0.716. The first kappa shape index (κ1) is 11.9. The third-order valence-electron chi connectivity index (χ3n) is 5.24. The predicted molar refractivity (Wildman–Crippen MR) is 69.2 cm³/mol. The van der Waals surface area contributed by atoms with Gasteiger partial charge in [-0.3, -0.25) is 4.90 Å². The van der Waals surface area contributed by atoms with Gasteiger partial charge in [-0.2, -0.15) is 0 Å². The fraction of sp³-hybridized carbons (Fsp3) is 1.00. The minimum Gasteiger partial charge on any atom is -0.379 e. The van der Waals surface area contributed by atoms with E-state index in [1.54, 1.807) is 0 Å². The lowest BCUT2D eigenvalue weighted by atomic mass is 9.67. The number of hydrogen-bond acceptors (Lipinski definition) is 3. The van der Waals surface area contributed by atoms with Crippen molar-refractivity contribution in [3.63, 3.8) is 0 Å². The summed E-state index contributed by atoms with van der Waals surface area (Å²) in [6.45, 7) is 6.74. The van der Waals surface area contributed by atoms with Crippen molar-refractivity contribution in [2.75, 3.05) is 39.4 Å². The van der Waals surface area contributed by atoms with Gasteiger partial charge in [-0.25, -0.2) is 0 Å². The number of nitrogens with one attached hydrogen (secondary N) is 1. The van der Waals surface area contributed by atoms with E-state index in [1.807, 2.05) is 0 Å². The van der Waals surface area contributed by atoms with Crippen LogP contribution in [0, 0.1) is 5.41 Å². The molecule has 2 aliphatic heterocycles. The Kier molecular flexibility index (Phi) is 3.69. The molecule has 0 bridgehead atoms. The molecule has 3 heteroatoms. The molecule has 2 saturated heterocycles. The van der Waals surface area contributed by atoms with Crippen molar-refractivity contribution in [3.05, 3.63) is 0 Å². The zero-order valence-corrected chi connectivity index (χ0v) is 10.9. The highest BCUT2D eigenvalue weighted by molar-refractivity contribution is 4.92. The second kappa shape index (κ2) is 5.25. The maximum Gasteiger partial charge on any atom is 0.0594 e. The van der Waals surface area contributed by atoms with Gasteiger partial charge in [0.2, 0.25) is 0 Å². The Balaban J connectivity index is 1.52. The van der Waals surface area contributed by atoms with Crippen molar-refractivity contribution in [2.24, 2.45) is 5.41 Å². The monoisotopic (exact) mass is 238 g/mol. The zero-order chi connectivity index (χ0) is 11.6. The molecule has 0 unspecified atom stereocenters. The average molecular weight is 238 g/mol. The molecule has 17 heavy (non-hydrogen) atoms. The summed E-state index contributed by atoms with van der Waals surface area (Å²) < 4.78 is 5.45. The van der Waals surface area contributed by atoms with Crippen LogP contribution < -0.4 is 5.32 Å². The van der Waals surface area contributed by atoms with Crippen LogP contribution in [0.1, 0.15) is 38.5 Å². The lowest BCUT2D eigenvalue weighted by Crippen LogP contribution is -2.48. The summed E-state index contributed by atoms with van der Waals surface area (Å²) in [5.41, 5.74) is 0.716. The highest BCUT2D eigenvalue weighted by Crippen LogP contribution is 2.44. The molecule has 3 rings (SSSR count). The molecular formula is C14H26N2O. The molecule has 0 atom stereocenters. The van der Waals surface area contributed by atoms with Crippen LogP contribution in [0.4, 0.5) is 0 Å². The van der Waals surface area contributed by atoms with Gasteiger partial charge in [0.25, 0.3) is 0 Å². The van der Waals surface area contributed by atoms with Crippen molar-refractivity contribution in [3.8, 4) is 0 Å². The van der Waals surface area contributed by atoms with E-state index >= 15 is 0 Å². The van der Waals surface area contributed by atoms with Gasteiger partial charge in [0.05, 0.1) is 13.2 Å². The number of rotatable bonds is 1. The molecule has 0 radical (unpaired) electrons. The SMILES string of the molecule is C1CC2(CCN1)CCC(N1CCOCC1)CC2. The molecule has 3 fully saturated rings. The molecular weight excluding hydrogens is 212 g/mol. The van der Waals surface area contributed by atoms with Crippen molar-refractivity contribution in [1.82, 2.24) is 10.2 Å². The third kappa shape index (κ3) is 2.67. The first-order valence-electron chi connectivity index (χ1n) is 7.41. The lowest BCUT2D eigenvalue weighted by molar-refractivity contribution is -0.00817. The van der Waals surface area contributed by atoms with E-state index in [9.17, 15) is 0 Å². The Morgan fingerprint density at radius 2 is 1.59 bits per heavy atom. The molecule has 1 spiro atoms. The first-order chi connectivity index (χ1) is 8.38. The van der Waals surface area contributed by atoms with Crippen LogP contribution in [-0.2, 0) is 4.74 Å². The Morgan fingerprint density at radius 1 is 0.941 bits per heavy atom. The maximum absolute atomic E-state index is 5.45. The molecule has 1 saturated carbocycles. The van der Waals surface area contributed by atoms with Gasteiger partial charge in [0.15, 0.2) is 0 Å². The summed E-state index contributed by atoms with van der Waals surface area (Å²) in [5.74, 6) is 0. The van der Waals surface area contributed by atoms with Crippen molar-refractivity contribution >= 4 is 0 Å². The number of piperidine rings is 1. The maximum atomic E-state index is 5.45. The van der Waals surface area contributed by atoms with Gasteiger partial charge in [-0.15, -0.1) is 0 Å². The Hall–Kier alpha value is -0.120. The summed E-state index contributed by atoms with van der Waals surface area (Å²) in [5, 5.41) is 3.50. The third-order valence-corrected chi connectivity index (χ3v) is 5.24. The van der Waals surface area contributed by atoms with Crippen LogP contribution in [0.25, 0.3) is 0 Å². The Labute approximate surface area is 105 Å². The quantitative estimate of drug-likeness (QED) is 0.751. The Bertz CT molecular complexity index is 235. The standard InChI is InChI=1S/C14H26N2O/c1-3-14(5-7-15-8-6-14)4-2-13(1)16-9-11-17-12-10-16/h13,15H,1-12H2. The largest absolute Gasteiger partial charge is 0.379 e. The molecule has 0 aromatic rings. The zero-order valence-electron chi connectivity index (χ0n) is 10.9. The van der Waals surface area contributed by atoms with Crippen molar-refractivity contribution in [2.45, 2.75) is 44.6 Å². The molecule has 98 valence electrons. The number of hydrogen-bond donors (Lipinski definition) is 1. The van der Waals surface area contributed by atoms with Crippen molar-refractivity contribution < 1.29 is 4.74 Å². The van der Waals surface area contributed by atoms with E-state index in [-0.39, 0.29) is 0 Å². The molecule has 1 aliphatic carbocycles. The number of morpholine rings is 1. The highest BCUT2D eigenvalue weighted by atomic mass is 16.5. The summed E-state index contributed by atoms with van der Waals surface area (Å²) in [4.78, 5) is 2.68. The molecule has 0 amide bonds. The van der Waals surface area contributed by atoms with Crippen molar-refractivity contribution in [1.29, 1.82) is 0 Å². The fourth-order valence-electron chi connectivity index (χ4n) is 3.98. The summed E-state index contributed by atoms with van der Waals surface area (Å²) in [6.07, 6.45) is 8.64. The molecule has 0 aromatic carbocycles. The average Bonchev–Trinajstić information content (AvgIpc) is 2.42. The van der Waals surface area contributed by atoms with Crippen LogP contribution in [0.3, 0.4) is 0 Å². The van der Waals surface area contributed by atoms with Gasteiger partial charge < -0.3 is 10.1 Å². The predicted octanol–water partition coefficient (Wildman–Crippen LogP) is 1.63. The normalized spacial score (nSPS) is 31.8. The van der Waals surface area contributed by atoms with Gasteiger partial charge in [0, 0.05) is 19.1 Å². The van der Waals surface area contributed by atoms with Crippen LogP contribution in [0.15, 0.2) is 0 Å². The smallest absolute Gasteiger partial charge is 0.0594 e. The summed E-state index contributed by atoms with van der Waals surface area (Å²) >= 11 is 0. The van der Waals surface area contributed by atoms with Gasteiger partial charge >= 0.3 is 0 Å². The molecule has 0 aromatic heterocycles. The van der Waals surface area contributed by atoms with Crippen LogP contribution >= 0.6 is 0 Å². The Morgan fingerprint density at radius 3 is 2.24 bits per heavy atom. The molecule has 1 N–H and O–H groups in total. The van der Waals surface area contributed by atoms with Gasteiger partial charge in [-0.1, -0.05) is 0 Å². The van der Waals surface area contributed by atoms with Gasteiger partial charge in [0.1, 0.15) is 0 Å². The second-order valence-electron chi connectivity index (χ2n) is 6.13. The summed E-state index contributed by atoms with van der Waals surface area (Å²) in [7, 11) is 0. The van der Waals surface area contributed by atoms with Crippen LogP contribution in [0.2, 0.25) is 0 Å². The van der Waals surface area contributed by atoms with E-state index < -0.39 is 0 Å². The topological polar surface area (TPSA) is 24.5 Å². The lowest BCUT2D eigenvalue weighted by Gasteiger charge is -2.46. The highest BCUT2D eigenvalue weighted by Gasteiger charge is 2.37. The fourth-order valence-corrected chi connectivity index (χ4v) is 3.98. The second-order valence-corrected chi connectivity index (χ2v) is 6.13. The van der Waals surface area contributed by atoms with Crippen LogP contribution in [0.5, 0.6) is 0 Å². The van der Waals surface area contributed by atoms with Gasteiger partial charge in [-0.05, 0) is 57.0 Å². The van der Waals surface area contributed by atoms with E-state index in [2.05, 4.69) is 10.2 Å². The van der Waals surface area contributed by atoms with E-state index in [4.69, 9.17) is 4.74 Å². The summed E-state index contributed by atoms with van der Waals surface area (Å²) in [6, 6.07) is 0.861. The van der Waals surface area contributed by atoms with E-state index in [1.165, 1.54) is 64.7 Å². The van der Waals surface area contributed by atoms with E-state index in [0.717, 1.165) is 19.3 Å². The minimum atomic E-state index is 0.716. The van der Waals surface area contributed by atoms with Crippen LogP contribution in [-0.4, -0.2) is 50.3 Å². The number of nitrogens with zero attached hydrogens (tertiary/aromatic N) is 1. The molecule has 3 nitrogen and oxygen atoms in total. The van der Waals surface area contributed by atoms with E-state index in [0.29, 0.717) is 5.41 Å². The molecule has 2 heterocycles. The number of ether oxygens (including phenoxy) is 1. The first-order valence-corrected chi connectivity index (χ1v) is 7.41. The molecule has 3 aliphatic rings.